The molecule has 1 aliphatic rings. The molecule has 102 valence electrons. The Morgan fingerprint density at radius 3 is 2.68 bits per heavy atom. The number of fused-ring (bicyclic) bond motifs is 1. The fourth-order valence-corrected chi connectivity index (χ4v) is 4.33. The standard InChI is InChI=1S/C15H18ClNOS/c16-14-11-5-1-2-6-12(11)19-13(14)9-17-15(10-18)7-3-4-8-15/h1-2,5-6,17-18H,3-4,7-10H2. The number of aliphatic hydroxyl groups is 1. The highest BCUT2D eigenvalue weighted by molar-refractivity contribution is 7.19. The summed E-state index contributed by atoms with van der Waals surface area (Å²) in [5.41, 5.74) is -0.0838. The summed E-state index contributed by atoms with van der Waals surface area (Å²) >= 11 is 8.18. The summed E-state index contributed by atoms with van der Waals surface area (Å²) in [6.07, 6.45) is 4.53. The molecule has 3 rings (SSSR count). The van der Waals surface area contributed by atoms with Gasteiger partial charge in [0.1, 0.15) is 0 Å². The zero-order valence-electron chi connectivity index (χ0n) is 10.8. The van der Waals surface area contributed by atoms with Crippen LogP contribution in [-0.2, 0) is 6.54 Å². The molecular weight excluding hydrogens is 278 g/mol. The van der Waals surface area contributed by atoms with E-state index in [1.165, 1.54) is 22.4 Å². The van der Waals surface area contributed by atoms with E-state index in [0.29, 0.717) is 0 Å². The second kappa shape index (κ2) is 5.41. The topological polar surface area (TPSA) is 32.3 Å². The molecule has 4 heteroatoms. The lowest BCUT2D eigenvalue weighted by molar-refractivity contribution is 0.163. The fraction of sp³-hybridized carbons (Fsp3) is 0.467. The zero-order valence-corrected chi connectivity index (χ0v) is 12.4. The Hall–Kier alpha value is -0.610. The molecule has 2 aromatic rings. The average Bonchev–Trinajstić information content (AvgIpc) is 3.03. The van der Waals surface area contributed by atoms with E-state index in [1.54, 1.807) is 11.3 Å². The molecule has 1 heterocycles. The summed E-state index contributed by atoms with van der Waals surface area (Å²) in [5, 5.41) is 15.1. The average molecular weight is 296 g/mol. The van der Waals surface area contributed by atoms with Crippen molar-refractivity contribution in [3.8, 4) is 0 Å². The van der Waals surface area contributed by atoms with Crippen LogP contribution in [-0.4, -0.2) is 17.3 Å². The van der Waals surface area contributed by atoms with E-state index in [2.05, 4.69) is 17.4 Å². The molecule has 0 radical (unpaired) electrons. The van der Waals surface area contributed by atoms with Gasteiger partial charge in [0.2, 0.25) is 0 Å². The van der Waals surface area contributed by atoms with E-state index in [4.69, 9.17) is 11.6 Å². The van der Waals surface area contributed by atoms with Gasteiger partial charge in [-0.25, -0.2) is 0 Å². The van der Waals surface area contributed by atoms with Crippen molar-refractivity contribution in [1.82, 2.24) is 5.32 Å². The molecule has 0 aliphatic heterocycles. The maximum Gasteiger partial charge on any atom is 0.0636 e. The van der Waals surface area contributed by atoms with Crippen molar-refractivity contribution in [3.05, 3.63) is 34.2 Å². The third-order valence-electron chi connectivity index (χ3n) is 4.09. The second-order valence-corrected chi connectivity index (χ2v) is 6.85. The molecular formula is C15H18ClNOS. The van der Waals surface area contributed by atoms with Crippen molar-refractivity contribution in [1.29, 1.82) is 0 Å². The van der Waals surface area contributed by atoms with Gasteiger partial charge in [0.25, 0.3) is 0 Å². The molecule has 1 aromatic heterocycles. The summed E-state index contributed by atoms with van der Waals surface area (Å²) in [4.78, 5) is 1.17. The minimum absolute atomic E-state index is 0.0838. The summed E-state index contributed by atoms with van der Waals surface area (Å²) < 4.78 is 1.23. The van der Waals surface area contributed by atoms with E-state index in [9.17, 15) is 5.11 Å². The SMILES string of the molecule is OCC1(NCc2sc3ccccc3c2Cl)CCCC1. The zero-order chi connectivity index (χ0) is 13.3. The maximum absolute atomic E-state index is 9.61. The summed E-state index contributed by atoms with van der Waals surface area (Å²) in [6.45, 7) is 0.967. The smallest absolute Gasteiger partial charge is 0.0636 e. The predicted molar refractivity (Wildman–Crippen MR) is 82.0 cm³/mol. The van der Waals surface area contributed by atoms with Crippen molar-refractivity contribution >= 4 is 33.0 Å². The van der Waals surface area contributed by atoms with Crippen LogP contribution in [0.25, 0.3) is 10.1 Å². The molecule has 19 heavy (non-hydrogen) atoms. The van der Waals surface area contributed by atoms with Gasteiger partial charge < -0.3 is 10.4 Å². The van der Waals surface area contributed by atoms with Crippen molar-refractivity contribution in [2.24, 2.45) is 0 Å². The Morgan fingerprint density at radius 2 is 2.00 bits per heavy atom. The van der Waals surface area contributed by atoms with Gasteiger partial charge in [-0.1, -0.05) is 42.6 Å². The van der Waals surface area contributed by atoms with Crippen LogP contribution >= 0.6 is 22.9 Å². The summed E-state index contributed by atoms with van der Waals surface area (Å²) in [5.74, 6) is 0. The number of benzene rings is 1. The van der Waals surface area contributed by atoms with Gasteiger partial charge in [0.05, 0.1) is 11.6 Å². The van der Waals surface area contributed by atoms with E-state index < -0.39 is 0 Å². The molecule has 1 aromatic carbocycles. The Labute approximate surface area is 122 Å². The second-order valence-electron chi connectivity index (χ2n) is 5.33. The van der Waals surface area contributed by atoms with Crippen LogP contribution in [0.2, 0.25) is 5.02 Å². The third-order valence-corrected chi connectivity index (χ3v) is 5.80. The first-order valence-electron chi connectivity index (χ1n) is 6.76. The Bertz CT molecular complexity index is 575. The van der Waals surface area contributed by atoms with Gasteiger partial charge in [-0.3, -0.25) is 0 Å². The van der Waals surface area contributed by atoms with Crippen LogP contribution in [0.5, 0.6) is 0 Å². The quantitative estimate of drug-likeness (QED) is 0.895. The molecule has 2 N–H and O–H groups in total. The molecule has 0 bridgehead atoms. The molecule has 1 aliphatic carbocycles. The molecule has 0 atom stereocenters. The lowest BCUT2D eigenvalue weighted by Gasteiger charge is -2.27. The van der Waals surface area contributed by atoms with Crippen LogP contribution in [0.4, 0.5) is 0 Å². The number of halogens is 1. The Balaban J connectivity index is 1.80. The monoisotopic (exact) mass is 295 g/mol. The first-order valence-corrected chi connectivity index (χ1v) is 7.95. The minimum atomic E-state index is -0.0838. The fourth-order valence-electron chi connectivity index (χ4n) is 2.89. The first-order chi connectivity index (χ1) is 9.24. The normalized spacial score (nSPS) is 18.2. The maximum atomic E-state index is 9.61. The first kappa shape index (κ1) is 13.4. The van der Waals surface area contributed by atoms with E-state index in [1.807, 2.05) is 12.1 Å². The van der Waals surface area contributed by atoms with E-state index in [0.717, 1.165) is 29.8 Å². The number of rotatable bonds is 4. The van der Waals surface area contributed by atoms with Gasteiger partial charge in [0.15, 0.2) is 0 Å². The van der Waals surface area contributed by atoms with Crippen molar-refractivity contribution in [2.75, 3.05) is 6.61 Å². The van der Waals surface area contributed by atoms with Crippen LogP contribution in [0.15, 0.2) is 24.3 Å². The van der Waals surface area contributed by atoms with Gasteiger partial charge in [-0.2, -0.15) is 0 Å². The minimum Gasteiger partial charge on any atom is -0.394 e. The van der Waals surface area contributed by atoms with Crippen molar-refractivity contribution < 1.29 is 5.11 Å². The predicted octanol–water partition coefficient (Wildman–Crippen LogP) is 3.95. The molecule has 1 saturated carbocycles. The Kier molecular flexibility index (Phi) is 3.81. The third kappa shape index (κ3) is 2.52. The van der Waals surface area contributed by atoms with Crippen LogP contribution in [0, 0.1) is 0 Å². The van der Waals surface area contributed by atoms with Crippen molar-refractivity contribution in [3.63, 3.8) is 0 Å². The van der Waals surface area contributed by atoms with Gasteiger partial charge >= 0.3 is 0 Å². The summed E-state index contributed by atoms with van der Waals surface area (Å²) in [7, 11) is 0. The van der Waals surface area contributed by atoms with Gasteiger partial charge in [-0.05, 0) is 18.9 Å². The number of nitrogens with one attached hydrogen (secondary N) is 1. The molecule has 0 saturated heterocycles. The highest BCUT2D eigenvalue weighted by Crippen LogP contribution is 2.36. The number of thiophene rings is 1. The molecule has 2 nitrogen and oxygen atoms in total. The molecule has 1 fully saturated rings. The van der Waals surface area contributed by atoms with E-state index in [-0.39, 0.29) is 12.1 Å². The Morgan fingerprint density at radius 1 is 1.26 bits per heavy atom. The number of hydrogen-bond acceptors (Lipinski definition) is 3. The molecule has 0 amide bonds. The van der Waals surface area contributed by atoms with E-state index >= 15 is 0 Å². The van der Waals surface area contributed by atoms with Gasteiger partial charge in [0, 0.05) is 27.0 Å². The summed E-state index contributed by atoms with van der Waals surface area (Å²) in [6, 6.07) is 8.23. The highest BCUT2D eigenvalue weighted by atomic mass is 35.5. The lowest BCUT2D eigenvalue weighted by Crippen LogP contribution is -2.45. The number of aliphatic hydroxyl groups excluding tert-OH is 1. The molecule has 0 unspecified atom stereocenters. The lowest BCUT2D eigenvalue weighted by atomic mass is 9.99. The van der Waals surface area contributed by atoms with Gasteiger partial charge in [-0.15, -0.1) is 11.3 Å². The number of hydrogen-bond donors (Lipinski definition) is 2. The van der Waals surface area contributed by atoms with Crippen molar-refractivity contribution in [2.45, 2.75) is 37.8 Å². The largest absolute Gasteiger partial charge is 0.394 e. The van der Waals surface area contributed by atoms with Crippen LogP contribution < -0.4 is 5.32 Å². The highest BCUT2D eigenvalue weighted by Gasteiger charge is 2.32. The van der Waals surface area contributed by atoms with Crippen LogP contribution in [0.1, 0.15) is 30.6 Å². The molecule has 0 spiro atoms. The van der Waals surface area contributed by atoms with Crippen LogP contribution in [0.3, 0.4) is 0 Å².